The Morgan fingerprint density at radius 1 is 1.12 bits per heavy atom. The lowest BCUT2D eigenvalue weighted by Gasteiger charge is -2.25. The quantitative estimate of drug-likeness (QED) is 0.319. The van der Waals surface area contributed by atoms with E-state index >= 15 is 0 Å². The number of hydrogen-bond donors (Lipinski definition) is 1. The molecule has 1 heterocycles. The molecule has 2 aromatic carbocycles. The van der Waals surface area contributed by atoms with E-state index in [-0.39, 0.29) is 35.9 Å². The van der Waals surface area contributed by atoms with Crippen molar-refractivity contribution in [2.75, 3.05) is 13.2 Å². The van der Waals surface area contributed by atoms with Gasteiger partial charge in [0.25, 0.3) is 5.91 Å². The molecule has 2 aliphatic carbocycles. The van der Waals surface area contributed by atoms with E-state index < -0.39 is 0 Å². The van der Waals surface area contributed by atoms with E-state index in [1.54, 1.807) is 0 Å². The monoisotopic (exact) mass is 545 g/mol. The molecule has 3 aliphatic rings. The number of hydrogen-bond acceptors (Lipinski definition) is 6. The summed E-state index contributed by atoms with van der Waals surface area (Å²) in [6.45, 7) is 4.42. The van der Waals surface area contributed by atoms with Crippen LogP contribution in [0.3, 0.4) is 0 Å². The second-order valence-electron chi connectivity index (χ2n) is 11.4. The van der Waals surface area contributed by atoms with Gasteiger partial charge in [0.15, 0.2) is 6.61 Å². The maximum atomic E-state index is 13.4. The van der Waals surface area contributed by atoms with Gasteiger partial charge in [-0.2, -0.15) is 0 Å². The fourth-order valence-corrected chi connectivity index (χ4v) is 6.17. The standard InChI is InChI=1S/C32H39N3O5/c1-22-19-32(22,40-23(2)36)17-8-18-33-30(38)29(25-9-6-7-10-25)26-15-13-24(14-16-26)20-35-28(37)21-39-31(34-35)27-11-4-3-5-12-27/h3-5,11-16,22,25,29H,6-10,17-21H2,1-2H3,(H,33,38). The molecule has 212 valence electrons. The normalized spacial score (nSPS) is 23.2. The van der Waals surface area contributed by atoms with Crippen molar-refractivity contribution in [3.63, 3.8) is 0 Å². The molecule has 2 fully saturated rings. The number of nitrogens with one attached hydrogen (secondary N) is 1. The van der Waals surface area contributed by atoms with Crippen LogP contribution in [0.1, 0.15) is 81.4 Å². The van der Waals surface area contributed by atoms with Crippen molar-refractivity contribution in [3.05, 3.63) is 71.3 Å². The first-order valence-corrected chi connectivity index (χ1v) is 14.5. The third-order valence-electron chi connectivity index (χ3n) is 8.49. The summed E-state index contributed by atoms with van der Waals surface area (Å²) in [7, 11) is 0. The van der Waals surface area contributed by atoms with Crippen LogP contribution in [0.4, 0.5) is 0 Å². The Balaban J connectivity index is 1.21. The first kappa shape index (κ1) is 27.9. The molecule has 0 saturated heterocycles. The zero-order valence-electron chi connectivity index (χ0n) is 23.4. The van der Waals surface area contributed by atoms with E-state index in [1.807, 2.05) is 54.6 Å². The molecule has 8 heteroatoms. The summed E-state index contributed by atoms with van der Waals surface area (Å²) in [6, 6.07) is 17.6. The van der Waals surface area contributed by atoms with Gasteiger partial charge in [-0.25, -0.2) is 5.01 Å². The highest BCUT2D eigenvalue weighted by atomic mass is 16.6. The van der Waals surface area contributed by atoms with Gasteiger partial charge in [0.2, 0.25) is 11.8 Å². The van der Waals surface area contributed by atoms with Gasteiger partial charge in [-0.05, 0) is 67.2 Å². The minimum atomic E-state index is -0.342. The van der Waals surface area contributed by atoms with Crippen molar-refractivity contribution in [2.24, 2.45) is 16.9 Å². The number of carbonyl (C=O) groups is 3. The van der Waals surface area contributed by atoms with Crippen molar-refractivity contribution in [2.45, 2.75) is 76.9 Å². The summed E-state index contributed by atoms with van der Waals surface area (Å²) in [6.07, 6.45) is 6.83. The SMILES string of the molecule is CC(=O)OC1(CCCNC(=O)C(c2ccc(CN3N=C(c4ccccc4)OCC3=O)cc2)C2CCCC2)CC1C. The highest BCUT2D eigenvalue weighted by Gasteiger charge is 2.53. The average Bonchev–Trinajstić information content (AvgIpc) is 3.30. The van der Waals surface area contributed by atoms with Crippen LogP contribution in [0.5, 0.6) is 0 Å². The Morgan fingerprint density at radius 3 is 2.48 bits per heavy atom. The smallest absolute Gasteiger partial charge is 0.303 e. The summed E-state index contributed by atoms with van der Waals surface area (Å²) in [5, 5.41) is 9.07. The summed E-state index contributed by atoms with van der Waals surface area (Å²) in [5.74, 6) is 0.560. The van der Waals surface area contributed by atoms with Crippen LogP contribution in [-0.4, -0.2) is 47.4 Å². The molecule has 1 N–H and O–H groups in total. The van der Waals surface area contributed by atoms with Crippen molar-refractivity contribution in [1.29, 1.82) is 0 Å². The number of ether oxygens (including phenoxy) is 2. The van der Waals surface area contributed by atoms with Gasteiger partial charge >= 0.3 is 5.97 Å². The second-order valence-corrected chi connectivity index (χ2v) is 11.4. The van der Waals surface area contributed by atoms with Gasteiger partial charge in [0.05, 0.1) is 12.5 Å². The van der Waals surface area contributed by atoms with Crippen LogP contribution >= 0.6 is 0 Å². The molecule has 2 amide bonds. The van der Waals surface area contributed by atoms with E-state index in [0.717, 1.165) is 61.6 Å². The zero-order valence-corrected chi connectivity index (χ0v) is 23.4. The maximum absolute atomic E-state index is 13.4. The van der Waals surface area contributed by atoms with E-state index in [0.29, 0.717) is 30.8 Å². The lowest BCUT2D eigenvalue weighted by Crippen LogP contribution is -2.36. The fraction of sp³-hybridized carbons (Fsp3) is 0.500. The van der Waals surface area contributed by atoms with Gasteiger partial charge < -0.3 is 14.8 Å². The number of nitrogens with zero attached hydrogens (tertiary/aromatic N) is 2. The molecule has 3 unspecified atom stereocenters. The topological polar surface area (TPSA) is 97.3 Å². The van der Waals surface area contributed by atoms with Crippen LogP contribution < -0.4 is 5.32 Å². The molecule has 8 nitrogen and oxygen atoms in total. The molecule has 0 spiro atoms. The summed E-state index contributed by atoms with van der Waals surface area (Å²) >= 11 is 0. The first-order chi connectivity index (χ1) is 19.3. The molecule has 2 aromatic rings. The zero-order chi connectivity index (χ0) is 28.1. The lowest BCUT2D eigenvalue weighted by atomic mass is 9.83. The molecule has 0 bridgehead atoms. The minimum Gasteiger partial charge on any atom is -0.466 e. The molecule has 1 aliphatic heterocycles. The molecule has 2 saturated carbocycles. The number of benzene rings is 2. The van der Waals surface area contributed by atoms with Gasteiger partial charge in [0, 0.05) is 19.0 Å². The van der Waals surface area contributed by atoms with E-state index in [4.69, 9.17) is 9.47 Å². The van der Waals surface area contributed by atoms with Gasteiger partial charge in [0.1, 0.15) is 5.60 Å². The highest BCUT2D eigenvalue weighted by Crippen LogP contribution is 2.50. The Hall–Kier alpha value is -3.68. The minimum absolute atomic E-state index is 0.0450. The Labute approximate surface area is 236 Å². The summed E-state index contributed by atoms with van der Waals surface area (Å²) in [5.41, 5.74) is 2.43. The fourth-order valence-electron chi connectivity index (χ4n) is 6.17. The van der Waals surface area contributed by atoms with Crippen LogP contribution in [0.25, 0.3) is 0 Å². The number of amides is 2. The average molecular weight is 546 g/mol. The van der Waals surface area contributed by atoms with Crippen molar-refractivity contribution in [3.8, 4) is 0 Å². The molecular formula is C32H39N3O5. The summed E-state index contributed by atoms with van der Waals surface area (Å²) in [4.78, 5) is 37.4. The Morgan fingerprint density at radius 2 is 1.82 bits per heavy atom. The Kier molecular flexibility index (Phi) is 8.52. The van der Waals surface area contributed by atoms with Crippen LogP contribution in [0.15, 0.2) is 59.7 Å². The third-order valence-corrected chi connectivity index (χ3v) is 8.49. The predicted molar refractivity (Wildman–Crippen MR) is 151 cm³/mol. The summed E-state index contributed by atoms with van der Waals surface area (Å²) < 4.78 is 11.1. The van der Waals surface area contributed by atoms with Crippen molar-refractivity contribution in [1.82, 2.24) is 10.3 Å². The lowest BCUT2D eigenvalue weighted by molar-refractivity contribution is -0.149. The molecule has 40 heavy (non-hydrogen) atoms. The van der Waals surface area contributed by atoms with Crippen molar-refractivity contribution < 1.29 is 23.9 Å². The number of hydrazone groups is 1. The van der Waals surface area contributed by atoms with Gasteiger partial charge in [-0.3, -0.25) is 14.4 Å². The van der Waals surface area contributed by atoms with Gasteiger partial charge in [-0.1, -0.05) is 62.2 Å². The van der Waals surface area contributed by atoms with Crippen LogP contribution in [-0.2, 0) is 30.4 Å². The van der Waals surface area contributed by atoms with E-state index in [1.165, 1.54) is 11.9 Å². The number of carbonyl (C=O) groups excluding carboxylic acids is 3. The van der Waals surface area contributed by atoms with Crippen LogP contribution in [0.2, 0.25) is 0 Å². The van der Waals surface area contributed by atoms with E-state index in [9.17, 15) is 14.4 Å². The highest BCUT2D eigenvalue weighted by molar-refractivity contribution is 5.97. The molecule has 5 rings (SSSR count). The third kappa shape index (κ3) is 6.54. The molecule has 0 aromatic heterocycles. The van der Waals surface area contributed by atoms with Crippen molar-refractivity contribution >= 4 is 23.7 Å². The maximum Gasteiger partial charge on any atom is 0.303 e. The largest absolute Gasteiger partial charge is 0.466 e. The molecular weight excluding hydrogens is 506 g/mol. The Bertz CT molecular complexity index is 1240. The number of esters is 1. The second kappa shape index (κ2) is 12.2. The van der Waals surface area contributed by atoms with Gasteiger partial charge in [-0.15, -0.1) is 5.10 Å². The van der Waals surface area contributed by atoms with Crippen LogP contribution in [0, 0.1) is 11.8 Å². The molecule has 0 radical (unpaired) electrons. The first-order valence-electron chi connectivity index (χ1n) is 14.5. The molecule has 3 atom stereocenters. The predicted octanol–water partition coefficient (Wildman–Crippen LogP) is 4.92. The van der Waals surface area contributed by atoms with E-state index in [2.05, 4.69) is 17.3 Å². The number of rotatable bonds is 11.